The predicted octanol–water partition coefficient (Wildman–Crippen LogP) is 5.63. The third-order valence-electron chi connectivity index (χ3n) is 4.30. The van der Waals surface area contributed by atoms with Gasteiger partial charge in [-0.25, -0.2) is 8.78 Å². The first-order chi connectivity index (χ1) is 13.9. The summed E-state index contributed by atoms with van der Waals surface area (Å²) in [4.78, 5) is 23.7. The molecule has 0 radical (unpaired) electrons. The zero-order valence-electron chi connectivity index (χ0n) is 15.7. The number of carbonyl (C=O) groups is 2. The molecule has 0 spiro atoms. The minimum absolute atomic E-state index is 0.0418. The van der Waals surface area contributed by atoms with Crippen molar-refractivity contribution >= 4 is 29.1 Å². The smallest absolute Gasteiger partial charge is 0.234 e. The predicted molar refractivity (Wildman–Crippen MR) is 112 cm³/mol. The highest BCUT2D eigenvalue weighted by atomic mass is 32.2. The number of amides is 1. The number of benzene rings is 3. The molecule has 148 valence electrons. The monoisotopic (exact) mass is 411 g/mol. The summed E-state index contributed by atoms with van der Waals surface area (Å²) in [5.74, 6) is -0.792. The van der Waals surface area contributed by atoms with Gasteiger partial charge in [0.05, 0.1) is 11.0 Å². The quantitative estimate of drug-likeness (QED) is 0.513. The lowest BCUT2D eigenvalue weighted by molar-refractivity contribution is -0.113. The third-order valence-corrected chi connectivity index (χ3v) is 5.61. The van der Waals surface area contributed by atoms with Gasteiger partial charge in [-0.2, -0.15) is 0 Å². The summed E-state index contributed by atoms with van der Waals surface area (Å²) in [6.45, 7) is 1.48. The number of ketones is 1. The first-order valence-corrected chi connectivity index (χ1v) is 10.0. The maximum absolute atomic E-state index is 13.3. The standard InChI is InChI=1S/C23H19F2NO2S/c1-15(27)16-6-12-21(13-7-16)26-22(28)14-29-23(17-2-8-19(24)9-3-17)18-4-10-20(25)11-5-18/h2-13,23H,14H2,1H3,(H,26,28). The van der Waals surface area contributed by atoms with Crippen LogP contribution in [0.3, 0.4) is 0 Å². The van der Waals surface area contributed by atoms with E-state index in [0.717, 1.165) is 11.1 Å². The molecule has 0 unspecified atom stereocenters. The molecule has 3 aromatic carbocycles. The molecule has 0 heterocycles. The van der Waals surface area contributed by atoms with Gasteiger partial charge in [0.2, 0.25) is 5.91 Å². The number of nitrogens with one attached hydrogen (secondary N) is 1. The Bertz CT molecular complexity index is 941. The Hall–Kier alpha value is -2.99. The Labute approximate surface area is 172 Å². The molecule has 0 aliphatic heterocycles. The molecule has 3 aromatic rings. The van der Waals surface area contributed by atoms with E-state index in [9.17, 15) is 18.4 Å². The zero-order valence-corrected chi connectivity index (χ0v) is 16.5. The molecule has 29 heavy (non-hydrogen) atoms. The summed E-state index contributed by atoms with van der Waals surface area (Å²) in [6, 6.07) is 18.8. The van der Waals surface area contributed by atoms with Crippen LogP contribution in [-0.2, 0) is 4.79 Å². The molecule has 3 rings (SSSR count). The molecular formula is C23H19F2NO2S. The van der Waals surface area contributed by atoms with Gasteiger partial charge >= 0.3 is 0 Å². The van der Waals surface area contributed by atoms with E-state index in [0.29, 0.717) is 11.3 Å². The number of halogens is 2. The number of Topliss-reactive ketones (excluding diaryl/α,β-unsaturated/α-hetero) is 1. The van der Waals surface area contributed by atoms with Crippen molar-refractivity contribution in [1.29, 1.82) is 0 Å². The molecule has 6 heteroatoms. The van der Waals surface area contributed by atoms with E-state index < -0.39 is 0 Å². The summed E-state index contributed by atoms with van der Waals surface area (Å²) in [5, 5.41) is 2.55. The van der Waals surface area contributed by atoms with Crippen molar-refractivity contribution in [3.05, 3.63) is 101 Å². The molecule has 0 fully saturated rings. The number of hydrogen-bond donors (Lipinski definition) is 1. The van der Waals surface area contributed by atoms with Crippen molar-refractivity contribution in [2.75, 3.05) is 11.1 Å². The first kappa shape index (κ1) is 20.7. The van der Waals surface area contributed by atoms with Crippen LogP contribution in [0.5, 0.6) is 0 Å². The van der Waals surface area contributed by atoms with Crippen molar-refractivity contribution in [2.24, 2.45) is 0 Å². The number of hydrogen-bond acceptors (Lipinski definition) is 3. The maximum Gasteiger partial charge on any atom is 0.234 e. The Morgan fingerprint density at radius 3 is 1.76 bits per heavy atom. The molecule has 0 saturated heterocycles. The average Bonchev–Trinajstić information content (AvgIpc) is 2.71. The van der Waals surface area contributed by atoms with E-state index in [1.807, 2.05) is 0 Å². The summed E-state index contributed by atoms with van der Waals surface area (Å²) in [6.07, 6.45) is 0. The molecule has 0 atom stereocenters. The molecular weight excluding hydrogens is 392 g/mol. The highest BCUT2D eigenvalue weighted by molar-refractivity contribution is 8.00. The van der Waals surface area contributed by atoms with Crippen LogP contribution in [0.15, 0.2) is 72.8 Å². The van der Waals surface area contributed by atoms with Crippen LogP contribution in [-0.4, -0.2) is 17.4 Å². The summed E-state index contributed by atoms with van der Waals surface area (Å²) in [5.41, 5.74) is 2.81. The molecule has 0 bridgehead atoms. The Kier molecular flexibility index (Phi) is 6.77. The van der Waals surface area contributed by atoms with Crippen LogP contribution < -0.4 is 5.32 Å². The fourth-order valence-electron chi connectivity index (χ4n) is 2.80. The van der Waals surface area contributed by atoms with Crippen LogP contribution in [0.2, 0.25) is 0 Å². The zero-order chi connectivity index (χ0) is 20.8. The number of carbonyl (C=O) groups excluding carboxylic acids is 2. The lowest BCUT2D eigenvalue weighted by Gasteiger charge is -2.18. The van der Waals surface area contributed by atoms with Crippen LogP contribution in [0.1, 0.15) is 33.7 Å². The van der Waals surface area contributed by atoms with Gasteiger partial charge in [0.1, 0.15) is 11.6 Å². The summed E-state index contributed by atoms with van der Waals surface area (Å²) < 4.78 is 26.6. The van der Waals surface area contributed by atoms with E-state index >= 15 is 0 Å². The average molecular weight is 411 g/mol. The van der Waals surface area contributed by atoms with Crippen molar-refractivity contribution < 1.29 is 18.4 Å². The summed E-state index contributed by atoms with van der Waals surface area (Å²) in [7, 11) is 0. The fraction of sp³-hybridized carbons (Fsp3) is 0.130. The summed E-state index contributed by atoms with van der Waals surface area (Å²) >= 11 is 1.36. The van der Waals surface area contributed by atoms with Gasteiger partial charge in [-0.3, -0.25) is 9.59 Å². The number of anilines is 1. The van der Waals surface area contributed by atoms with Gasteiger partial charge in [-0.05, 0) is 66.6 Å². The Morgan fingerprint density at radius 2 is 1.31 bits per heavy atom. The molecule has 0 aliphatic rings. The van der Waals surface area contributed by atoms with Crippen LogP contribution in [0, 0.1) is 11.6 Å². The highest BCUT2D eigenvalue weighted by Gasteiger charge is 2.17. The minimum Gasteiger partial charge on any atom is -0.325 e. The third kappa shape index (κ3) is 5.74. The van der Waals surface area contributed by atoms with Crippen LogP contribution >= 0.6 is 11.8 Å². The number of rotatable bonds is 7. The second-order valence-electron chi connectivity index (χ2n) is 6.48. The second-order valence-corrected chi connectivity index (χ2v) is 7.57. The second kappa shape index (κ2) is 9.47. The first-order valence-electron chi connectivity index (χ1n) is 8.96. The lowest BCUT2D eigenvalue weighted by atomic mass is 10.0. The van der Waals surface area contributed by atoms with Crippen molar-refractivity contribution in [3.8, 4) is 0 Å². The molecule has 3 nitrogen and oxygen atoms in total. The Balaban J connectivity index is 1.70. The molecule has 0 aromatic heterocycles. The lowest BCUT2D eigenvalue weighted by Crippen LogP contribution is -2.15. The van der Waals surface area contributed by atoms with Gasteiger partial charge < -0.3 is 5.32 Å². The van der Waals surface area contributed by atoms with Gasteiger partial charge in [-0.15, -0.1) is 11.8 Å². The number of thioether (sulfide) groups is 1. The van der Waals surface area contributed by atoms with Crippen molar-refractivity contribution in [1.82, 2.24) is 0 Å². The Morgan fingerprint density at radius 1 is 0.828 bits per heavy atom. The normalized spacial score (nSPS) is 10.8. The molecule has 1 N–H and O–H groups in total. The van der Waals surface area contributed by atoms with Crippen molar-refractivity contribution in [3.63, 3.8) is 0 Å². The SMILES string of the molecule is CC(=O)c1ccc(NC(=O)CSC(c2ccc(F)cc2)c2ccc(F)cc2)cc1. The highest BCUT2D eigenvalue weighted by Crippen LogP contribution is 2.35. The molecule has 1 amide bonds. The van der Waals surface area contributed by atoms with E-state index in [1.54, 1.807) is 48.5 Å². The fourth-order valence-corrected chi connectivity index (χ4v) is 3.89. The van der Waals surface area contributed by atoms with E-state index in [1.165, 1.54) is 43.0 Å². The van der Waals surface area contributed by atoms with Crippen LogP contribution in [0.25, 0.3) is 0 Å². The van der Waals surface area contributed by atoms with Crippen LogP contribution in [0.4, 0.5) is 14.5 Å². The van der Waals surface area contributed by atoms with Crippen molar-refractivity contribution in [2.45, 2.75) is 12.2 Å². The van der Waals surface area contributed by atoms with Gasteiger partial charge in [0.15, 0.2) is 5.78 Å². The van der Waals surface area contributed by atoms with Gasteiger partial charge in [0.25, 0.3) is 0 Å². The van der Waals surface area contributed by atoms with E-state index in [2.05, 4.69) is 5.32 Å². The van der Waals surface area contributed by atoms with Gasteiger partial charge in [-0.1, -0.05) is 24.3 Å². The van der Waals surface area contributed by atoms with Gasteiger partial charge in [0, 0.05) is 11.3 Å². The van der Waals surface area contributed by atoms with E-state index in [-0.39, 0.29) is 34.3 Å². The molecule has 0 aliphatic carbocycles. The maximum atomic E-state index is 13.3. The molecule has 0 saturated carbocycles. The topological polar surface area (TPSA) is 46.2 Å². The largest absolute Gasteiger partial charge is 0.325 e. The van der Waals surface area contributed by atoms with E-state index in [4.69, 9.17) is 0 Å². The minimum atomic E-state index is -0.344.